The van der Waals surface area contributed by atoms with E-state index in [1.54, 1.807) is 30.5 Å². The molecule has 4 aromatic rings. The van der Waals surface area contributed by atoms with E-state index in [1.807, 2.05) is 11.8 Å². The molecule has 1 saturated heterocycles. The molecule has 3 aromatic heterocycles. The van der Waals surface area contributed by atoms with E-state index >= 15 is 0 Å². The molecule has 0 aliphatic carbocycles. The summed E-state index contributed by atoms with van der Waals surface area (Å²) in [5.74, 6) is -0.674. The summed E-state index contributed by atoms with van der Waals surface area (Å²) in [5.41, 5.74) is -0.695. The van der Waals surface area contributed by atoms with Gasteiger partial charge in [0.1, 0.15) is 23.6 Å². The Kier molecular flexibility index (Phi) is 9.90. The quantitative estimate of drug-likeness (QED) is 0.281. The minimum Gasteiger partial charge on any atom is -0.482 e. The fraction of sp³-hybridized carbons (Fsp3) is 0.375. The molecule has 13 nitrogen and oxygen atoms in total. The lowest BCUT2D eigenvalue weighted by atomic mass is 10.1. The van der Waals surface area contributed by atoms with E-state index < -0.39 is 34.4 Å². The lowest BCUT2D eigenvalue weighted by Gasteiger charge is -2.37. The number of ether oxygens (including phenoxy) is 1. The summed E-state index contributed by atoms with van der Waals surface area (Å²) in [6.07, 6.45) is -1.38. The van der Waals surface area contributed by atoms with Gasteiger partial charge < -0.3 is 34.3 Å². The van der Waals surface area contributed by atoms with Crippen LogP contribution in [0.4, 0.5) is 30.4 Å². The van der Waals surface area contributed by atoms with Gasteiger partial charge in [0.25, 0.3) is 5.91 Å². The lowest BCUT2D eigenvalue weighted by Crippen LogP contribution is -2.51. The zero-order valence-corrected chi connectivity index (χ0v) is 28.1. The van der Waals surface area contributed by atoms with Crippen LogP contribution in [-0.4, -0.2) is 83.6 Å². The number of aromatic nitrogens is 4. The number of rotatable bonds is 8. The van der Waals surface area contributed by atoms with Gasteiger partial charge in [0.05, 0.1) is 29.6 Å². The van der Waals surface area contributed by atoms with E-state index in [0.29, 0.717) is 23.5 Å². The highest BCUT2D eigenvalue weighted by molar-refractivity contribution is 6.33. The zero-order valence-electron chi connectivity index (χ0n) is 27.4. The van der Waals surface area contributed by atoms with Crippen LogP contribution in [0.1, 0.15) is 34.1 Å². The van der Waals surface area contributed by atoms with Gasteiger partial charge in [0.15, 0.2) is 11.2 Å². The molecule has 0 radical (unpaired) electrons. The number of benzene rings is 1. The van der Waals surface area contributed by atoms with E-state index in [9.17, 15) is 32.3 Å². The van der Waals surface area contributed by atoms with Crippen molar-refractivity contribution in [2.45, 2.75) is 33.0 Å². The van der Waals surface area contributed by atoms with Crippen molar-refractivity contribution in [1.82, 2.24) is 24.4 Å². The number of aryl methyl sites for hydroxylation is 1. The molecule has 1 aliphatic heterocycles. The van der Waals surface area contributed by atoms with E-state index in [1.165, 1.54) is 24.4 Å². The molecule has 0 spiro atoms. The predicted molar refractivity (Wildman–Crippen MR) is 179 cm³/mol. The van der Waals surface area contributed by atoms with Crippen molar-refractivity contribution in [2.24, 2.45) is 0 Å². The van der Waals surface area contributed by atoms with Gasteiger partial charge in [-0.05, 0) is 31.5 Å². The molecule has 4 heterocycles. The Bertz CT molecular complexity index is 2060. The highest BCUT2D eigenvalue weighted by atomic mass is 35.5. The Hall–Kier alpha value is -5.12. The maximum Gasteiger partial charge on any atom is 0.416 e. The molecule has 260 valence electrons. The van der Waals surface area contributed by atoms with Crippen LogP contribution in [0.25, 0.3) is 11.2 Å². The van der Waals surface area contributed by atoms with Gasteiger partial charge in [-0.1, -0.05) is 18.5 Å². The van der Waals surface area contributed by atoms with Gasteiger partial charge in [0, 0.05) is 57.7 Å². The number of amides is 2. The molecule has 1 fully saturated rings. The first-order valence-corrected chi connectivity index (χ1v) is 15.6. The third-order valence-corrected chi connectivity index (χ3v) is 8.54. The van der Waals surface area contributed by atoms with Crippen molar-refractivity contribution in [3.05, 3.63) is 78.4 Å². The molecule has 0 bridgehead atoms. The molecule has 49 heavy (non-hydrogen) atoms. The summed E-state index contributed by atoms with van der Waals surface area (Å²) >= 11 is 6.09. The summed E-state index contributed by atoms with van der Waals surface area (Å²) in [4.78, 5) is 70.7. The van der Waals surface area contributed by atoms with Crippen molar-refractivity contribution in [3.8, 4) is 5.88 Å². The van der Waals surface area contributed by atoms with Crippen LogP contribution in [-0.2, 0) is 23.9 Å². The molecule has 0 saturated carbocycles. The first-order valence-electron chi connectivity index (χ1n) is 15.2. The number of hydrogen-bond acceptors (Lipinski definition) is 9. The number of nitrogens with zero attached hydrogens (tertiary/aromatic N) is 6. The van der Waals surface area contributed by atoms with Gasteiger partial charge in [-0.25, -0.2) is 9.97 Å². The molecular formula is C32H34ClF3N8O5. The van der Waals surface area contributed by atoms with E-state index in [0.717, 1.165) is 18.2 Å². The number of fused-ring (bicyclic) bond motifs is 1. The number of methoxy groups -OCH3 is 1. The fourth-order valence-corrected chi connectivity index (χ4v) is 5.90. The third-order valence-electron chi connectivity index (χ3n) is 8.22. The lowest BCUT2D eigenvalue weighted by molar-refractivity contribution is -0.137. The summed E-state index contributed by atoms with van der Waals surface area (Å²) in [6.45, 7) is 3.82. The number of carbonyl (C=O) groups excluding carboxylic acids is 2. The number of hydrogen-bond donors (Lipinski definition) is 2. The zero-order chi connectivity index (χ0) is 35.8. The van der Waals surface area contributed by atoms with Crippen LogP contribution in [0.3, 0.4) is 0 Å². The molecule has 0 unspecified atom stereocenters. The van der Waals surface area contributed by atoms with Crippen LogP contribution in [0, 0.1) is 6.92 Å². The fourth-order valence-electron chi connectivity index (χ4n) is 5.68. The number of nitrogens with one attached hydrogen (secondary N) is 2. The highest BCUT2D eigenvalue weighted by Gasteiger charge is 2.32. The number of H-pyrrole nitrogens is 1. The second-order valence-corrected chi connectivity index (χ2v) is 12.0. The van der Waals surface area contributed by atoms with Crippen LogP contribution in [0.15, 0.2) is 40.2 Å². The Morgan fingerprint density at radius 3 is 2.41 bits per heavy atom. The van der Waals surface area contributed by atoms with E-state index in [2.05, 4.69) is 20.3 Å². The summed E-state index contributed by atoms with van der Waals surface area (Å²) in [7, 11) is 4.83. The molecular weight excluding hydrogens is 669 g/mol. The molecule has 17 heteroatoms. The summed E-state index contributed by atoms with van der Waals surface area (Å²) < 4.78 is 46.3. The summed E-state index contributed by atoms with van der Waals surface area (Å²) in [5, 5.41) is 2.26. The average Bonchev–Trinajstić information content (AvgIpc) is 3.07. The molecule has 1 aliphatic rings. The topological polar surface area (TPSA) is 146 Å². The smallest absolute Gasteiger partial charge is 0.416 e. The molecule has 5 rings (SSSR count). The number of pyridine rings is 2. The minimum absolute atomic E-state index is 0.00768. The molecule has 2 amide bonds. The average molecular weight is 703 g/mol. The Balaban J connectivity index is 1.50. The maximum absolute atomic E-state index is 14.1. The largest absolute Gasteiger partial charge is 0.482 e. The van der Waals surface area contributed by atoms with Crippen molar-refractivity contribution in [2.75, 3.05) is 62.5 Å². The number of aromatic amines is 1. The standard InChI is InChI=1S/C32H34ClF3N8O5/c1-6-21-26(42-9-11-43(12-10-42)31(48)24-27(46)17(2)14-38-30(24)49-5)28(47)25-29(37-15-22(40-25)41(3)4)44(21)16-23(45)39-20-8-7-18(13-19(20)33)32(34,35)36/h7-8,13-15H,6,9-12,16H2,1-5H3,(H,38,46)(H,39,45). The van der Waals surface area contributed by atoms with Crippen molar-refractivity contribution >= 4 is 51.8 Å². The van der Waals surface area contributed by atoms with Gasteiger partial charge in [-0.3, -0.25) is 19.2 Å². The van der Waals surface area contributed by atoms with Crippen LogP contribution in [0.2, 0.25) is 5.02 Å². The van der Waals surface area contributed by atoms with Crippen molar-refractivity contribution in [3.63, 3.8) is 0 Å². The van der Waals surface area contributed by atoms with E-state index in [4.69, 9.17) is 16.3 Å². The molecule has 2 N–H and O–H groups in total. The first-order chi connectivity index (χ1) is 23.2. The van der Waals surface area contributed by atoms with Gasteiger partial charge in [0.2, 0.25) is 22.6 Å². The second kappa shape index (κ2) is 13.8. The number of alkyl halides is 3. The monoisotopic (exact) mass is 702 g/mol. The SMILES string of the molecule is CCc1c(N2CCN(C(=O)c3c(OC)[nH]cc(C)c3=O)CC2)c(=O)c2nc(N(C)C)cnc2n1CC(=O)Nc1ccc(C(F)(F)F)cc1Cl. The number of carbonyl (C=O) groups is 2. The summed E-state index contributed by atoms with van der Waals surface area (Å²) in [6, 6.07) is 2.61. The third kappa shape index (κ3) is 6.90. The van der Waals surface area contributed by atoms with E-state index in [-0.39, 0.29) is 71.7 Å². The Labute approximate surface area is 283 Å². The highest BCUT2D eigenvalue weighted by Crippen LogP contribution is 2.34. The predicted octanol–water partition coefficient (Wildman–Crippen LogP) is 3.70. The first kappa shape index (κ1) is 35.2. The van der Waals surface area contributed by atoms with Gasteiger partial charge >= 0.3 is 6.18 Å². The van der Waals surface area contributed by atoms with Crippen LogP contribution >= 0.6 is 11.6 Å². The normalized spacial score (nSPS) is 13.5. The minimum atomic E-state index is -4.61. The molecule has 1 aromatic carbocycles. The van der Waals surface area contributed by atoms with Crippen LogP contribution < -0.4 is 30.7 Å². The number of piperazine rings is 1. The Morgan fingerprint density at radius 1 is 1.12 bits per heavy atom. The van der Waals surface area contributed by atoms with Crippen molar-refractivity contribution in [1.29, 1.82) is 0 Å². The molecule has 0 atom stereocenters. The number of anilines is 3. The van der Waals surface area contributed by atoms with Gasteiger partial charge in [-0.15, -0.1) is 0 Å². The Morgan fingerprint density at radius 2 is 1.82 bits per heavy atom. The number of halogens is 4. The van der Waals surface area contributed by atoms with Crippen LogP contribution in [0.5, 0.6) is 5.88 Å². The van der Waals surface area contributed by atoms with Gasteiger partial charge in [-0.2, -0.15) is 13.2 Å². The second-order valence-electron chi connectivity index (χ2n) is 11.6. The van der Waals surface area contributed by atoms with Crippen molar-refractivity contribution < 1.29 is 27.5 Å². The maximum atomic E-state index is 14.1.